The lowest BCUT2D eigenvalue weighted by Crippen LogP contribution is -2.10. The zero-order valence-corrected chi connectivity index (χ0v) is 13.8. The summed E-state index contributed by atoms with van der Waals surface area (Å²) in [5.41, 5.74) is 17.3. The highest BCUT2D eigenvalue weighted by Gasteiger charge is 2.09. The van der Waals surface area contributed by atoms with Gasteiger partial charge in [0.15, 0.2) is 0 Å². The van der Waals surface area contributed by atoms with Crippen LogP contribution in [-0.2, 0) is 6.54 Å². The molecule has 4 N–H and O–H groups in total. The molecule has 0 amide bonds. The Morgan fingerprint density at radius 3 is 2.30 bits per heavy atom. The molecule has 0 aliphatic heterocycles. The molecular formula is C19H22N4. The number of rotatable bonds is 3. The summed E-state index contributed by atoms with van der Waals surface area (Å²) >= 11 is 0. The summed E-state index contributed by atoms with van der Waals surface area (Å²) in [5.74, 6) is 0.515. The molecule has 0 unspecified atom stereocenters. The third-order valence-electron chi connectivity index (χ3n) is 4.05. The molecule has 0 saturated heterocycles. The molecule has 0 spiro atoms. The van der Waals surface area contributed by atoms with E-state index in [2.05, 4.69) is 48.2 Å². The van der Waals surface area contributed by atoms with Gasteiger partial charge in [-0.15, -0.1) is 0 Å². The van der Waals surface area contributed by atoms with E-state index in [1.165, 1.54) is 5.56 Å². The predicted molar refractivity (Wildman–Crippen MR) is 98.1 cm³/mol. The van der Waals surface area contributed by atoms with Crippen LogP contribution in [0.1, 0.15) is 11.1 Å². The molecule has 0 bridgehead atoms. The van der Waals surface area contributed by atoms with Crippen molar-refractivity contribution in [2.45, 2.75) is 13.5 Å². The highest BCUT2D eigenvalue weighted by molar-refractivity contribution is 6.01. The molecule has 0 fully saturated rings. The van der Waals surface area contributed by atoms with Gasteiger partial charge in [0.2, 0.25) is 0 Å². The molecule has 1 aromatic heterocycles. The number of aromatic nitrogens is 1. The van der Waals surface area contributed by atoms with Gasteiger partial charge in [0.05, 0.1) is 5.69 Å². The van der Waals surface area contributed by atoms with Crippen LogP contribution in [0, 0.1) is 6.92 Å². The third-order valence-corrected chi connectivity index (χ3v) is 4.05. The Morgan fingerprint density at radius 1 is 0.957 bits per heavy atom. The molecule has 3 aromatic rings. The van der Waals surface area contributed by atoms with Crippen molar-refractivity contribution in [1.82, 2.24) is 9.88 Å². The van der Waals surface area contributed by atoms with Crippen LogP contribution in [0.3, 0.4) is 0 Å². The van der Waals surface area contributed by atoms with Crippen molar-refractivity contribution < 1.29 is 0 Å². The van der Waals surface area contributed by atoms with E-state index in [-0.39, 0.29) is 0 Å². The molecule has 0 aliphatic rings. The minimum Gasteiger partial charge on any atom is -0.398 e. The minimum absolute atomic E-state index is 0.515. The van der Waals surface area contributed by atoms with Crippen LogP contribution >= 0.6 is 0 Å². The largest absolute Gasteiger partial charge is 0.398 e. The SMILES string of the molecule is Cc1ccc2c(N)nc(-c3ccc(CN(C)C)cc3)cc2c1N. The van der Waals surface area contributed by atoms with Crippen molar-refractivity contribution in [3.8, 4) is 11.3 Å². The van der Waals surface area contributed by atoms with Gasteiger partial charge in [0.25, 0.3) is 0 Å². The summed E-state index contributed by atoms with van der Waals surface area (Å²) in [5, 5.41) is 1.87. The van der Waals surface area contributed by atoms with Crippen molar-refractivity contribution in [1.29, 1.82) is 0 Å². The van der Waals surface area contributed by atoms with Gasteiger partial charge in [0.1, 0.15) is 5.82 Å². The number of benzene rings is 2. The minimum atomic E-state index is 0.515. The number of anilines is 2. The number of pyridine rings is 1. The maximum absolute atomic E-state index is 6.22. The number of aryl methyl sites for hydroxylation is 1. The molecular weight excluding hydrogens is 284 g/mol. The summed E-state index contributed by atoms with van der Waals surface area (Å²) in [6, 6.07) is 14.4. The van der Waals surface area contributed by atoms with Crippen LogP contribution in [0.5, 0.6) is 0 Å². The van der Waals surface area contributed by atoms with E-state index in [1.54, 1.807) is 0 Å². The Balaban J connectivity index is 2.08. The lowest BCUT2D eigenvalue weighted by molar-refractivity contribution is 0.402. The molecule has 0 aliphatic carbocycles. The van der Waals surface area contributed by atoms with Crippen molar-refractivity contribution in [3.05, 3.63) is 53.6 Å². The van der Waals surface area contributed by atoms with Crippen LogP contribution in [0.2, 0.25) is 0 Å². The van der Waals surface area contributed by atoms with Crippen LogP contribution in [0.25, 0.3) is 22.0 Å². The van der Waals surface area contributed by atoms with Gasteiger partial charge >= 0.3 is 0 Å². The van der Waals surface area contributed by atoms with Gasteiger partial charge in [-0.3, -0.25) is 0 Å². The first-order valence-electron chi connectivity index (χ1n) is 7.65. The van der Waals surface area contributed by atoms with Crippen molar-refractivity contribution in [3.63, 3.8) is 0 Å². The molecule has 1 heterocycles. The Bertz CT molecular complexity index is 851. The average molecular weight is 306 g/mol. The smallest absolute Gasteiger partial charge is 0.132 e. The normalized spacial score (nSPS) is 11.3. The van der Waals surface area contributed by atoms with Crippen LogP contribution in [0.4, 0.5) is 11.5 Å². The first-order valence-corrected chi connectivity index (χ1v) is 7.65. The fourth-order valence-corrected chi connectivity index (χ4v) is 2.78. The van der Waals surface area contributed by atoms with E-state index >= 15 is 0 Å². The second-order valence-electron chi connectivity index (χ2n) is 6.22. The Morgan fingerprint density at radius 2 is 1.65 bits per heavy atom. The number of fused-ring (bicyclic) bond motifs is 1. The standard InChI is InChI=1S/C19H22N4/c1-12-4-9-15-16(18(12)20)10-17(22-19(15)21)14-7-5-13(6-8-14)11-23(2)3/h4-10H,11,20H2,1-3H3,(H2,21,22). The van der Waals surface area contributed by atoms with E-state index in [0.29, 0.717) is 5.82 Å². The molecule has 0 radical (unpaired) electrons. The van der Waals surface area contributed by atoms with Crippen LogP contribution < -0.4 is 11.5 Å². The Labute approximate surface area is 136 Å². The highest BCUT2D eigenvalue weighted by atomic mass is 15.0. The van der Waals surface area contributed by atoms with Gasteiger partial charge < -0.3 is 16.4 Å². The summed E-state index contributed by atoms with van der Waals surface area (Å²) in [6.45, 7) is 2.92. The Kier molecular flexibility index (Phi) is 3.92. The monoisotopic (exact) mass is 306 g/mol. The maximum atomic E-state index is 6.22. The molecule has 2 aromatic carbocycles. The first kappa shape index (κ1) is 15.3. The molecule has 0 saturated carbocycles. The van der Waals surface area contributed by atoms with E-state index in [9.17, 15) is 0 Å². The molecule has 4 heteroatoms. The van der Waals surface area contributed by atoms with E-state index < -0.39 is 0 Å². The second kappa shape index (κ2) is 5.89. The maximum Gasteiger partial charge on any atom is 0.132 e. The number of nitrogens with zero attached hydrogens (tertiary/aromatic N) is 2. The highest BCUT2D eigenvalue weighted by Crippen LogP contribution is 2.31. The quantitative estimate of drug-likeness (QED) is 0.727. The van der Waals surface area contributed by atoms with Gasteiger partial charge in [-0.2, -0.15) is 0 Å². The molecule has 118 valence electrons. The number of nitrogen functional groups attached to an aromatic ring is 2. The lowest BCUT2D eigenvalue weighted by atomic mass is 10.0. The fourth-order valence-electron chi connectivity index (χ4n) is 2.78. The van der Waals surface area contributed by atoms with Gasteiger partial charge in [-0.05, 0) is 38.2 Å². The molecule has 3 rings (SSSR count). The molecule has 23 heavy (non-hydrogen) atoms. The summed E-state index contributed by atoms with van der Waals surface area (Å²) in [6.07, 6.45) is 0. The number of hydrogen-bond donors (Lipinski definition) is 2. The zero-order valence-electron chi connectivity index (χ0n) is 13.8. The summed E-state index contributed by atoms with van der Waals surface area (Å²) < 4.78 is 0. The van der Waals surface area contributed by atoms with Crippen molar-refractivity contribution in [2.75, 3.05) is 25.6 Å². The topological polar surface area (TPSA) is 68.2 Å². The van der Waals surface area contributed by atoms with Crippen molar-refractivity contribution >= 4 is 22.3 Å². The van der Waals surface area contributed by atoms with E-state index in [1.807, 2.05) is 25.1 Å². The third kappa shape index (κ3) is 2.98. The summed E-state index contributed by atoms with van der Waals surface area (Å²) in [4.78, 5) is 6.69. The van der Waals surface area contributed by atoms with Crippen LogP contribution in [-0.4, -0.2) is 24.0 Å². The van der Waals surface area contributed by atoms with Gasteiger partial charge in [0, 0.05) is 28.6 Å². The first-order chi connectivity index (χ1) is 11.0. The average Bonchev–Trinajstić information content (AvgIpc) is 2.51. The summed E-state index contributed by atoms with van der Waals surface area (Å²) in [7, 11) is 4.12. The van der Waals surface area contributed by atoms with E-state index in [4.69, 9.17) is 11.5 Å². The van der Waals surface area contributed by atoms with Gasteiger partial charge in [-0.1, -0.05) is 36.4 Å². The molecule has 0 atom stereocenters. The van der Waals surface area contributed by atoms with Gasteiger partial charge in [-0.25, -0.2) is 4.98 Å². The molecule has 4 nitrogen and oxygen atoms in total. The van der Waals surface area contributed by atoms with Crippen LogP contribution in [0.15, 0.2) is 42.5 Å². The fraction of sp³-hybridized carbons (Fsp3) is 0.211. The zero-order chi connectivity index (χ0) is 16.6. The predicted octanol–water partition coefficient (Wildman–Crippen LogP) is 3.44. The Hall–Kier alpha value is -2.59. The van der Waals surface area contributed by atoms with Crippen molar-refractivity contribution in [2.24, 2.45) is 0 Å². The lowest BCUT2D eigenvalue weighted by Gasteiger charge is -2.12. The number of nitrogens with two attached hydrogens (primary N) is 2. The number of hydrogen-bond acceptors (Lipinski definition) is 4. The van der Waals surface area contributed by atoms with E-state index in [0.717, 1.165) is 39.8 Å². The second-order valence-corrected chi connectivity index (χ2v) is 6.22.